The van der Waals surface area contributed by atoms with Gasteiger partial charge in [0.05, 0.1) is 5.39 Å². The maximum absolute atomic E-state index is 14.2. The van der Waals surface area contributed by atoms with Crippen molar-refractivity contribution in [2.75, 3.05) is 5.73 Å². The summed E-state index contributed by atoms with van der Waals surface area (Å²) in [5.74, 6) is -3.14. The van der Waals surface area contributed by atoms with E-state index >= 15 is 0 Å². The summed E-state index contributed by atoms with van der Waals surface area (Å²) < 4.78 is 47.4. The van der Waals surface area contributed by atoms with E-state index in [1.54, 1.807) is 0 Å². The molecule has 5 N–H and O–H groups in total. The van der Waals surface area contributed by atoms with Gasteiger partial charge in [-0.05, 0) is 17.7 Å². The number of fused-ring (bicyclic) bond motifs is 1. The molecule has 5 atom stereocenters. The summed E-state index contributed by atoms with van der Waals surface area (Å²) in [5.41, 5.74) is 5.48. The number of aliphatic hydroxyl groups is 3. The Morgan fingerprint density at radius 2 is 1.86 bits per heavy atom. The van der Waals surface area contributed by atoms with Gasteiger partial charge in [0.25, 0.3) is 0 Å². The molecular weight excluding hydrogens is 381 g/mol. The van der Waals surface area contributed by atoms with Crippen LogP contribution in [-0.4, -0.2) is 48.2 Å². The first-order chi connectivity index (χ1) is 13.3. The predicted molar refractivity (Wildman–Crippen MR) is 89.1 cm³/mol. The average Bonchev–Trinajstić information content (AvgIpc) is 3.14. The van der Waals surface area contributed by atoms with Crippen molar-refractivity contribution >= 4 is 17.0 Å². The molecule has 8 nitrogen and oxygen atoms in total. The first-order valence-electron chi connectivity index (χ1n) is 8.21. The Morgan fingerprint density at radius 1 is 1.11 bits per heavy atom. The van der Waals surface area contributed by atoms with E-state index in [-0.39, 0.29) is 22.5 Å². The highest BCUT2D eigenvalue weighted by Crippen LogP contribution is 2.38. The van der Waals surface area contributed by atoms with E-state index in [0.29, 0.717) is 0 Å². The molecule has 4 rings (SSSR count). The molecule has 3 heterocycles. The number of rotatable bonds is 3. The molecule has 0 aliphatic carbocycles. The van der Waals surface area contributed by atoms with Crippen molar-refractivity contribution in [1.82, 2.24) is 14.5 Å². The number of aliphatic hydroxyl groups excluding tert-OH is 3. The second kappa shape index (κ2) is 6.71. The molecule has 0 amide bonds. The molecule has 0 radical (unpaired) electrons. The van der Waals surface area contributed by atoms with Gasteiger partial charge < -0.3 is 30.4 Å². The fourth-order valence-electron chi connectivity index (χ4n) is 3.26. The van der Waals surface area contributed by atoms with Gasteiger partial charge in [0.1, 0.15) is 24.4 Å². The molecule has 148 valence electrons. The highest BCUT2D eigenvalue weighted by atomic mass is 19.2. The summed E-state index contributed by atoms with van der Waals surface area (Å²) in [6.45, 7) is 0. The normalized spacial score (nSPS) is 26.1. The number of benzene rings is 1. The van der Waals surface area contributed by atoms with Crippen LogP contribution in [0.25, 0.3) is 11.0 Å². The third-order valence-electron chi connectivity index (χ3n) is 4.69. The smallest absolute Gasteiger partial charge is 0.221 e. The van der Waals surface area contributed by atoms with Gasteiger partial charge in [0.15, 0.2) is 29.3 Å². The van der Waals surface area contributed by atoms with Crippen LogP contribution >= 0.6 is 0 Å². The van der Waals surface area contributed by atoms with Crippen LogP contribution in [0.5, 0.6) is 0 Å². The van der Waals surface area contributed by atoms with Crippen molar-refractivity contribution in [2.45, 2.75) is 30.6 Å². The minimum atomic E-state index is -1.60. The molecule has 3 aromatic rings. The number of hydrogen-bond acceptors (Lipinski definition) is 7. The van der Waals surface area contributed by atoms with Gasteiger partial charge in [-0.1, -0.05) is 6.07 Å². The van der Waals surface area contributed by atoms with E-state index in [1.807, 2.05) is 0 Å². The van der Waals surface area contributed by atoms with Gasteiger partial charge in [0.2, 0.25) is 5.95 Å². The third kappa shape index (κ3) is 2.88. The summed E-state index contributed by atoms with van der Waals surface area (Å²) in [5, 5.41) is 31.1. The Labute approximate surface area is 155 Å². The number of nitrogens with two attached hydrogens (primary N) is 1. The predicted octanol–water partition coefficient (Wildman–Crippen LogP) is 0.784. The Kier molecular flexibility index (Phi) is 4.46. The third-order valence-corrected chi connectivity index (χ3v) is 4.69. The van der Waals surface area contributed by atoms with Gasteiger partial charge in [-0.2, -0.15) is 4.98 Å². The lowest BCUT2D eigenvalue weighted by Crippen LogP contribution is -2.34. The van der Waals surface area contributed by atoms with Crippen molar-refractivity contribution in [3.05, 3.63) is 53.6 Å². The maximum atomic E-state index is 14.2. The number of anilines is 1. The zero-order valence-electron chi connectivity index (χ0n) is 14.1. The van der Waals surface area contributed by atoms with Crippen LogP contribution in [-0.2, 0) is 4.74 Å². The summed E-state index contributed by atoms with van der Waals surface area (Å²) in [7, 11) is 0. The molecule has 1 aliphatic rings. The van der Waals surface area contributed by atoms with Crippen molar-refractivity contribution in [3.63, 3.8) is 0 Å². The second-order valence-corrected chi connectivity index (χ2v) is 6.44. The molecule has 28 heavy (non-hydrogen) atoms. The van der Waals surface area contributed by atoms with Crippen molar-refractivity contribution in [2.24, 2.45) is 0 Å². The Morgan fingerprint density at radius 3 is 2.57 bits per heavy atom. The summed E-state index contributed by atoms with van der Waals surface area (Å²) in [4.78, 5) is 7.61. The number of ether oxygens (including phenoxy) is 1. The lowest BCUT2D eigenvalue weighted by Gasteiger charge is -2.21. The van der Waals surface area contributed by atoms with Crippen molar-refractivity contribution in [1.29, 1.82) is 0 Å². The lowest BCUT2D eigenvalue weighted by molar-refractivity contribution is -0.0850. The Hall–Kier alpha value is -2.73. The maximum Gasteiger partial charge on any atom is 0.221 e. The topological polar surface area (TPSA) is 127 Å². The van der Waals surface area contributed by atoms with Crippen LogP contribution < -0.4 is 5.73 Å². The van der Waals surface area contributed by atoms with Crippen LogP contribution in [0.3, 0.4) is 0 Å². The number of nitrogen functional groups attached to an aromatic ring is 1. The molecule has 1 aromatic carbocycles. The SMILES string of the molecule is Nc1ncc2c(F)cn(C3OC(C(O)c4ccc(F)c(F)c4)C(O)C3O)c2n1. The number of nitrogens with zero attached hydrogens (tertiary/aromatic N) is 3. The first-order valence-corrected chi connectivity index (χ1v) is 8.21. The number of halogens is 3. The molecule has 2 aromatic heterocycles. The standard InChI is InChI=1S/C17H15F3N4O4/c18-8-2-1-6(3-9(8)19)11(25)14-12(26)13(27)16(28-14)24-5-10(20)7-4-22-17(21)23-15(7)24/h1-5,11-14,16,25-27H,(H2,21,22,23). The summed E-state index contributed by atoms with van der Waals surface area (Å²) >= 11 is 0. The van der Waals surface area contributed by atoms with E-state index in [2.05, 4.69) is 9.97 Å². The molecule has 0 spiro atoms. The van der Waals surface area contributed by atoms with E-state index in [4.69, 9.17) is 10.5 Å². The molecule has 0 bridgehead atoms. The zero-order valence-corrected chi connectivity index (χ0v) is 14.1. The van der Waals surface area contributed by atoms with Gasteiger partial charge in [-0.3, -0.25) is 0 Å². The number of aromatic nitrogens is 3. The van der Waals surface area contributed by atoms with Crippen LogP contribution in [0.15, 0.2) is 30.6 Å². The summed E-state index contributed by atoms with van der Waals surface area (Å²) in [6.07, 6.45) is -5.33. The average molecular weight is 396 g/mol. The van der Waals surface area contributed by atoms with E-state index < -0.39 is 48.1 Å². The molecule has 5 unspecified atom stereocenters. The molecule has 0 saturated carbocycles. The summed E-state index contributed by atoms with van der Waals surface area (Å²) in [6, 6.07) is 2.70. The van der Waals surface area contributed by atoms with Gasteiger partial charge >= 0.3 is 0 Å². The van der Waals surface area contributed by atoms with Crippen LogP contribution in [0.1, 0.15) is 17.9 Å². The second-order valence-electron chi connectivity index (χ2n) is 6.44. The van der Waals surface area contributed by atoms with Crippen LogP contribution in [0.2, 0.25) is 0 Å². The van der Waals surface area contributed by atoms with Gasteiger partial charge in [-0.25, -0.2) is 18.2 Å². The van der Waals surface area contributed by atoms with Crippen LogP contribution in [0, 0.1) is 17.5 Å². The lowest BCUT2D eigenvalue weighted by atomic mass is 9.99. The van der Waals surface area contributed by atoms with E-state index in [0.717, 1.165) is 35.2 Å². The van der Waals surface area contributed by atoms with Crippen molar-refractivity contribution < 1.29 is 33.2 Å². The van der Waals surface area contributed by atoms with Crippen molar-refractivity contribution in [3.8, 4) is 0 Å². The molecule has 11 heteroatoms. The molecule has 1 saturated heterocycles. The van der Waals surface area contributed by atoms with Gasteiger partial charge in [0, 0.05) is 12.4 Å². The monoisotopic (exact) mass is 396 g/mol. The van der Waals surface area contributed by atoms with E-state index in [9.17, 15) is 28.5 Å². The fraction of sp³-hybridized carbons (Fsp3) is 0.294. The molecule has 1 fully saturated rings. The minimum Gasteiger partial charge on any atom is -0.387 e. The molecule has 1 aliphatic heterocycles. The minimum absolute atomic E-state index is 0.0177. The molecular formula is C17H15F3N4O4. The fourth-order valence-corrected chi connectivity index (χ4v) is 3.26. The van der Waals surface area contributed by atoms with E-state index in [1.165, 1.54) is 0 Å². The quantitative estimate of drug-likeness (QED) is 0.515. The largest absolute Gasteiger partial charge is 0.387 e. The van der Waals surface area contributed by atoms with Crippen LogP contribution in [0.4, 0.5) is 19.1 Å². The number of hydrogen-bond donors (Lipinski definition) is 4. The highest BCUT2D eigenvalue weighted by molar-refractivity contribution is 5.77. The Balaban J connectivity index is 1.68. The zero-order chi connectivity index (χ0) is 20.2. The van der Waals surface area contributed by atoms with Gasteiger partial charge in [-0.15, -0.1) is 0 Å². The first kappa shape index (κ1) is 18.6. The Bertz CT molecular complexity index is 1050. The highest BCUT2D eigenvalue weighted by Gasteiger charge is 2.47.